The van der Waals surface area contributed by atoms with Gasteiger partial charge in [0.25, 0.3) is 0 Å². The van der Waals surface area contributed by atoms with E-state index in [4.69, 9.17) is 4.42 Å². The molecule has 3 rings (SSSR count). The van der Waals surface area contributed by atoms with Gasteiger partial charge in [0.1, 0.15) is 15.7 Å². The number of hydrogen-bond donors (Lipinski definition) is 2. The van der Waals surface area contributed by atoms with Crippen molar-refractivity contribution in [3.8, 4) is 0 Å². The van der Waals surface area contributed by atoms with Crippen molar-refractivity contribution < 1.29 is 13.4 Å². The summed E-state index contributed by atoms with van der Waals surface area (Å²) in [5.41, 5.74) is 1.64. The minimum absolute atomic E-state index is 0.154. The fraction of sp³-hybridized carbons (Fsp3) is 0.316. The zero-order valence-corrected chi connectivity index (χ0v) is 17.7. The van der Waals surface area contributed by atoms with Crippen LogP contribution in [0.5, 0.6) is 0 Å². The molecule has 1 aromatic carbocycles. The van der Waals surface area contributed by atoms with Gasteiger partial charge >= 0.3 is 6.03 Å². The highest BCUT2D eigenvalue weighted by atomic mass is 32.2. The first-order chi connectivity index (χ1) is 13.2. The first-order valence-electron chi connectivity index (χ1n) is 8.65. The Morgan fingerprint density at radius 3 is 2.50 bits per heavy atom. The van der Waals surface area contributed by atoms with Gasteiger partial charge in [0.15, 0.2) is 5.13 Å². The molecular formula is C19H22N4O3S2. The van der Waals surface area contributed by atoms with Gasteiger partial charge in [-0.05, 0) is 19.1 Å². The van der Waals surface area contributed by atoms with Crippen molar-refractivity contribution in [1.82, 2.24) is 9.97 Å². The molecule has 148 valence electrons. The molecule has 0 saturated carbocycles. The summed E-state index contributed by atoms with van der Waals surface area (Å²) in [7, 11) is -1.35. The highest BCUT2D eigenvalue weighted by Crippen LogP contribution is 2.26. The Morgan fingerprint density at radius 2 is 1.86 bits per heavy atom. The molecule has 0 aliphatic heterocycles. The van der Waals surface area contributed by atoms with E-state index >= 15 is 0 Å². The molecule has 0 aliphatic carbocycles. The number of carbonyl (C=O) groups excluding carboxylic acids is 1. The van der Waals surface area contributed by atoms with Gasteiger partial charge in [-0.3, -0.25) is 9.53 Å². The van der Waals surface area contributed by atoms with E-state index in [1.165, 1.54) is 6.20 Å². The summed E-state index contributed by atoms with van der Waals surface area (Å²) < 4.78 is 18.8. The van der Waals surface area contributed by atoms with E-state index in [0.717, 1.165) is 22.7 Å². The first kappa shape index (κ1) is 20.2. The monoisotopic (exact) mass is 418 g/mol. The summed E-state index contributed by atoms with van der Waals surface area (Å²) in [6, 6.07) is 7.05. The van der Waals surface area contributed by atoms with Crippen molar-refractivity contribution in [2.45, 2.75) is 43.1 Å². The Balaban J connectivity index is 1.58. The van der Waals surface area contributed by atoms with Crippen LogP contribution in [0, 0.1) is 6.92 Å². The zero-order valence-electron chi connectivity index (χ0n) is 16.1. The van der Waals surface area contributed by atoms with Crippen LogP contribution in [0.25, 0.3) is 0 Å². The number of benzene rings is 1. The number of nitrogens with zero attached hydrogens (tertiary/aromatic N) is 2. The molecule has 1 unspecified atom stereocenters. The Morgan fingerprint density at radius 1 is 1.14 bits per heavy atom. The minimum atomic E-state index is -1.35. The lowest BCUT2D eigenvalue weighted by Gasteiger charge is -2.12. The number of thiazole rings is 1. The summed E-state index contributed by atoms with van der Waals surface area (Å²) in [6.45, 7) is 8.05. The first-order valence-corrected chi connectivity index (χ1v) is 10.8. The fourth-order valence-corrected chi connectivity index (χ4v) is 4.23. The molecule has 0 radical (unpaired) electrons. The molecule has 2 heterocycles. The predicted molar refractivity (Wildman–Crippen MR) is 111 cm³/mol. The van der Waals surface area contributed by atoms with Crippen LogP contribution < -0.4 is 10.6 Å². The number of rotatable bonds is 5. The number of nitrogens with one attached hydrogen (secondary N) is 2. The molecule has 0 aliphatic rings. The average Bonchev–Trinajstić information content (AvgIpc) is 3.26. The number of aryl methyl sites for hydroxylation is 1. The van der Waals surface area contributed by atoms with Crippen LogP contribution in [0.4, 0.5) is 15.6 Å². The van der Waals surface area contributed by atoms with E-state index in [1.807, 2.05) is 52.0 Å². The maximum Gasteiger partial charge on any atom is 0.325 e. The number of hydrogen-bond acceptors (Lipinski definition) is 6. The van der Waals surface area contributed by atoms with Crippen LogP contribution in [0.2, 0.25) is 0 Å². The van der Waals surface area contributed by atoms with Crippen molar-refractivity contribution in [3.05, 3.63) is 53.9 Å². The number of aromatic nitrogens is 2. The smallest absolute Gasteiger partial charge is 0.325 e. The second-order valence-corrected chi connectivity index (χ2v) is 10.00. The van der Waals surface area contributed by atoms with E-state index in [2.05, 4.69) is 20.6 Å². The number of amides is 2. The lowest BCUT2D eigenvalue weighted by molar-refractivity contribution is 0.262. The van der Waals surface area contributed by atoms with Gasteiger partial charge in [0, 0.05) is 11.1 Å². The summed E-state index contributed by atoms with van der Waals surface area (Å²) >= 11 is 1.16. The SMILES string of the molecule is Cc1ccc(NC(=O)Nc2ncc(S(=O)Cc3ncc(C(C)(C)C)o3)s2)cc1. The molecule has 0 saturated heterocycles. The standard InChI is InChI=1S/C19H22N4O3S2/c1-12-5-7-13(8-6-12)22-17(24)23-18-21-10-16(27-18)28(25)11-15-20-9-14(26-15)19(2,3)4/h5-10H,11H2,1-4H3,(H2,21,22,23,24). The van der Waals surface area contributed by atoms with E-state index in [-0.39, 0.29) is 11.2 Å². The summed E-state index contributed by atoms with van der Waals surface area (Å²) in [6.07, 6.45) is 3.16. The highest BCUT2D eigenvalue weighted by molar-refractivity contribution is 7.86. The molecule has 9 heteroatoms. The maximum absolute atomic E-state index is 12.5. The van der Waals surface area contributed by atoms with Crippen LogP contribution in [0.15, 0.2) is 45.3 Å². The lowest BCUT2D eigenvalue weighted by Crippen LogP contribution is -2.19. The molecule has 2 aromatic heterocycles. The van der Waals surface area contributed by atoms with Crippen molar-refractivity contribution in [1.29, 1.82) is 0 Å². The lowest BCUT2D eigenvalue weighted by atomic mass is 9.94. The second-order valence-electron chi connectivity index (χ2n) is 7.29. The van der Waals surface area contributed by atoms with E-state index in [0.29, 0.717) is 20.9 Å². The third kappa shape index (κ3) is 5.26. The van der Waals surface area contributed by atoms with E-state index in [1.54, 1.807) is 6.20 Å². The number of carbonyl (C=O) groups is 1. The van der Waals surface area contributed by atoms with Crippen LogP contribution in [0.3, 0.4) is 0 Å². The van der Waals surface area contributed by atoms with Crippen LogP contribution >= 0.6 is 11.3 Å². The molecule has 0 bridgehead atoms. The number of oxazole rings is 1. The van der Waals surface area contributed by atoms with Crippen LogP contribution in [0.1, 0.15) is 38.0 Å². The van der Waals surface area contributed by atoms with E-state index in [9.17, 15) is 9.00 Å². The number of urea groups is 1. The molecule has 3 aromatic rings. The van der Waals surface area contributed by atoms with Gasteiger partial charge in [-0.15, -0.1) is 0 Å². The van der Waals surface area contributed by atoms with Gasteiger partial charge in [0.2, 0.25) is 5.89 Å². The predicted octanol–water partition coefficient (Wildman–Crippen LogP) is 4.69. The van der Waals surface area contributed by atoms with E-state index < -0.39 is 16.8 Å². The van der Waals surface area contributed by atoms with Gasteiger partial charge in [0.05, 0.1) is 23.2 Å². The summed E-state index contributed by atoms with van der Waals surface area (Å²) in [4.78, 5) is 20.4. The molecule has 2 amide bonds. The third-order valence-corrected chi connectivity index (χ3v) is 6.36. The molecule has 0 fully saturated rings. The Hall–Kier alpha value is -2.52. The molecular weight excluding hydrogens is 396 g/mol. The largest absolute Gasteiger partial charge is 0.444 e. The Bertz CT molecular complexity index is 987. The fourth-order valence-electron chi connectivity index (χ4n) is 2.23. The molecule has 7 nitrogen and oxygen atoms in total. The Labute approximate surface area is 170 Å². The maximum atomic E-state index is 12.5. The summed E-state index contributed by atoms with van der Waals surface area (Å²) in [5.74, 6) is 1.33. The Kier molecular flexibility index (Phi) is 5.95. The third-order valence-electron chi connectivity index (χ3n) is 3.79. The zero-order chi connectivity index (χ0) is 20.3. The summed E-state index contributed by atoms with van der Waals surface area (Å²) in [5, 5.41) is 5.75. The van der Waals surface area contributed by atoms with Gasteiger partial charge < -0.3 is 9.73 Å². The van der Waals surface area contributed by atoms with Gasteiger partial charge in [-0.1, -0.05) is 49.8 Å². The van der Waals surface area contributed by atoms with Gasteiger partial charge in [-0.2, -0.15) is 0 Å². The normalized spacial score (nSPS) is 12.6. The van der Waals surface area contributed by atoms with Crippen LogP contribution in [-0.2, 0) is 22.0 Å². The molecule has 2 N–H and O–H groups in total. The minimum Gasteiger partial charge on any atom is -0.444 e. The molecule has 1 atom stereocenters. The second kappa shape index (κ2) is 8.24. The number of anilines is 2. The quantitative estimate of drug-likeness (QED) is 0.626. The topological polar surface area (TPSA) is 97.1 Å². The van der Waals surface area contributed by atoms with Crippen molar-refractivity contribution in [2.75, 3.05) is 10.6 Å². The van der Waals surface area contributed by atoms with Crippen molar-refractivity contribution in [3.63, 3.8) is 0 Å². The van der Waals surface area contributed by atoms with Gasteiger partial charge in [-0.25, -0.2) is 14.8 Å². The average molecular weight is 419 g/mol. The van der Waals surface area contributed by atoms with Crippen molar-refractivity contribution in [2.24, 2.45) is 0 Å². The highest BCUT2D eigenvalue weighted by Gasteiger charge is 2.21. The molecule has 0 spiro atoms. The van der Waals surface area contributed by atoms with Crippen LogP contribution in [-0.4, -0.2) is 20.2 Å². The van der Waals surface area contributed by atoms with Crippen molar-refractivity contribution >= 4 is 39.0 Å². The molecule has 28 heavy (non-hydrogen) atoms.